The molecule has 50 heavy (non-hydrogen) atoms. The normalized spacial score (nSPS) is 11.6. The summed E-state index contributed by atoms with van der Waals surface area (Å²) in [7, 11) is 0. The van der Waals surface area contributed by atoms with Crippen molar-refractivity contribution in [1.29, 1.82) is 0 Å². The van der Waals surface area contributed by atoms with Crippen LogP contribution < -0.4 is 0 Å². The van der Waals surface area contributed by atoms with Gasteiger partial charge >= 0.3 is 0 Å². The Hall–Kier alpha value is -6.50. The molecule has 0 aliphatic carbocycles. The van der Waals surface area contributed by atoms with E-state index < -0.39 is 0 Å². The van der Waals surface area contributed by atoms with Crippen LogP contribution in [0.25, 0.3) is 98.4 Å². The van der Waals surface area contributed by atoms with Crippen molar-refractivity contribution < 1.29 is 0 Å². The maximum Gasteiger partial charge on any atom is -0.00201 e. The highest BCUT2D eigenvalue weighted by molar-refractivity contribution is 6.25. The number of hydrogen-bond acceptors (Lipinski definition) is 0. The minimum absolute atomic E-state index is 1.22. The summed E-state index contributed by atoms with van der Waals surface area (Å²) in [5.74, 6) is 0. The van der Waals surface area contributed by atoms with Gasteiger partial charge in [0, 0.05) is 0 Å². The van der Waals surface area contributed by atoms with Crippen molar-refractivity contribution in [2.24, 2.45) is 0 Å². The molecule has 0 atom stereocenters. The van der Waals surface area contributed by atoms with Gasteiger partial charge in [0.2, 0.25) is 0 Å². The van der Waals surface area contributed by atoms with Gasteiger partial charge in [0.1, 0.15) is 0 Å². The van der Waals surface area contributed by atoms with Crippen LogP contribution in [0.1, 0.15) is 0 Å². The Morgan fingerprint density at radius 1 is 0.200 bits per heavy atom. The lowest BCUT2D eigenvalue weighted by Crippen LogP contribution is -1.93. The summed E-state index contributed by atoms with van der Waals surface area (Å²) in [6, 6.07) is 71.3. The second-order valence-corrected chi connectivity index (χ2v) is 13.2. The van der Waals surface area contributed by atoms with Crippen molar-refractivity contribution in [2.45, 2.75) is 0 Å². The Bertz CT molecular complexity index is 2860. The van der Waals surface area contributed by atoms with E-state index in [1.807, 2.05) is 0 Å². The van der Waals surface area contributed by atoms with E-state index in [0.717, 1.165) is 0 Å². The molecule has 0 saturated heterocycles. The van der Waals surface area contributed by atoms with Crippen LogP contribution in [0.4, 0.5) is 0 Å². The van der Waals surface area contributed by atoms with Gasteiger partial charge in [-0.1, -0.05) is 188 Å². The molecule has 10 rings (SSSR count). The molecule has 10 aromatic carbocycles. The third-order valence-corrected chi connectivity index (χ3v) is 10.5. The standard InChI is InChI=1S/C50H32/c1-3-20-37-33(14-1)16-12-28-39(37)35-18-11-19-36(32-35)40-30-31-48(42-23-6-5-22-41(40)42)50-46-26-9-7-24-44(46)49(45-25-8-10-27-47(45)50)43-29-13-17-34-15-2-4-21-38(34)43/h1-32H. The summed E-state index contributed by atoms with van der Waals surface area (Å²) in [6.45, 7) is 0. The van der Waals surface area contributed by atoms with Gasteiger partial charge < -0.3 is 0 Å². The van der Waals surface area contributed by atoms with E-state index in [4.69, 9.17) is 0 Å². The molecule has 0 radical (unpaired) electrons. The summed E-state index contributed by atoms with van der Waals surface area (Å²) >= 11 is 0. The predicted molar refractivity (Wildman–Crippen MR) is 216 cm³/mol. The van der Waals surface area contributed by atoms with Gasteiger partial charge in [0.15, 0.2) is 0 Å². The highest BCUT2D eigenvalue weighted by Crippen LogP contribution is 2.47. The Kier molecular flexibility index (Phi) is 6.60. The fourth-order valence-electron chi connectivity index (χ4n) is 8.25. The summed E-state index contributed by atoms with van der Waals surface area (Å²) < 4.78 is 0. The Morgan fingerprint density at radius 3 is 1.06 bits per heavy atom. The quantitative estimate of drug-likeness (QED) is 0.169. The Morgan fingerprint density at radius 2 is 0.520 bits per heavy atom. The van der Waals surface area contributed by atoms with Crippen molar-refractivity contribution in [2.75, 3.05) is 0 Å². The smallest absolute Gasteiger partial charge is 0.00201 e. The van der Waals surface area contributed by atoms with E-state index in [9.17, 15) is 0 Å². The Balaban J connectivity index is 1.22. The van der Waals surface area contributed by atoms with E-state index in [2.05, 4.69) is 194 Å². The molecule has 0 heteroatoms. The largest absolute Gasteiger partial charge is 0.0616 e. The second-order valence-electron chi connectivity index (χ2n) is 13.2. The molecule has 0 bridgehead atoms. The van der Waals surface area contributed by atoms with E-state index in [1.165, 1.54) is 98.4 Å². The molecule has 0 amide bonds. The molecule has 0 fully saturated rings. The highest BCUT2D eigenvalue weighted by Gasteiger charge is 2.20. The van der Waals surface area contributed by atoms with Gasteiger partial charge in [-0.25, -0.2) is 0 Å². The molecule has 232 valence electrons. The van der Waals surface area contributed by atoms with Crippen LogP contribution >= 0.6 is 0 Å². The van der Waals surface area contributed by atoms with Crippen LogP contribution in [0.2, 0.25) is 0 Å². The van der Waals surface area contributed by atoms with E-state index in [0.29, 0.717) is 0 Å². The van der Waals surface area contributed by atoms with Gasteiger partial charge in [-0.3, -0.25) is 0 Å². The molecule has 0 spiro atoms. The molecular weight excluding hydrogens is 601 g/mol. The molecule has 0 unspecified atom stereocenters. The molecule has 0 aromatic heterocycles. The van der Waals surface area contributed by atoms with Gasteiger partial charge in [-0.15, -0.1) is 0 Å². The fourth-order valence-corrected chi connectivity index (χ4v) is 8.25. The number of benzene rings is 10. The van der Waals surface area contributed by atoms with Crippen LogP contribution in [-0.2, 0) is 0 Å². The average Bonchev–Trinajstić information content (AvgIpc) is 3.19. The maximum atomic E-state index is 2.36. The van der Waals surface area contributed by atoms with Crippen LogP contribution in [0.5, 0.6) is 0 Å². The number of hydrogen-bond donors (Lipinski definition) is 0. The average molecular weight is 633 g/mol. The van der Waals surface area contributed by atoms with Crippen molar-refractivity contribution in [3.63, 3.8) is 0 Å². The lowest BCUT2D eigenvalue weighted by atomic mass is 9.83. The molecule has 0 aliphatic heterocycles. The van der Waals surface area contributed by atoms with Gasteiger partial charge in [0.25, 0.3) is 0 Å². The van der Waals surface area contributed by atoms with Crippen LogP contribution in [0.3, 0.4) is 0 Å². The zero-order valence-electron chi connectivity index (χ0n) is 27.5. The van der Waals surface area contributed by atoms with Gasteiger partial charge in [-0.2, -0.15) is 0 Å². The minimum Gasteiger partial charge on any atom is -0.0616 e. The lowest BCUT2D eigenvalue weighted by molar-refractivity contribution is 1.62. The Labute approximate surface area is 291 Å². The lowest BCUT2D eigenvalue weighted by Gasteiger charge is -2.20. The minimum atomic E-state index is 1.22. The number of rotatable bonds is 4. The summed E-state index contributed by atoms with van der Waals surface area (Å²) in [5, 5.41) is 12.7. The first kappa shape index (κ1) is 28.5. The predicted octanol–water partition coefficient (Wildman–Crippen LogP) is 14.1. The van der Waals surface area contributed by atoms with Crippen LogP contribution in [0, 0.1) is 0 Å². The molecule has 10 aromatic rings. The summed E-state index contributed by atoms with van der Waals surface area (Å²) in [4.78, 5) is 0. The first-order valence-corrected chi connectivity index (χ1v) is 17.4. The van der Waals surface area contributed by atoms with E-state index in [-0.39, 0.29) is 0 Å². The first-order valence-electron chi connectivity index (χ1n) is 17.4. The van der Waals surface area contributed by atoms with Crippen LogP contribution in [0.15, 0.2) is 194 Å². The zero-order chi connectivity index (χ0) is 33.0. The zero-order valence-corrected chi connectivity index (χ0v) is 27.5. The van der Waals surface area contributed by atoms with Crippen molar-refractivity contribution in [1.82, 2.24) is 0 Å². The van der Waals surface area contributed by atoms with Gasteiger partial charge in [-0.05, 0) is 104 Å². The first-order chi connectivity index (χ1) is 24.8. The van der Waals surface area contributed by atoms with Crippen molar-refractivity contribution in [3.05, 3.63) is 194 Å². The third-order valence-electron chi connectivity index (χ3n) is 10.5. The fraction of sp³-hybridized carbons (Fsp3) is 0. The molecule has 0 N–H and O–H groups in total. The van der Waals surface area contributed by atoms with E-state index >= 15 is 0 Å². The molecule has 0 aliphatic rings. The summed E-state index contributed by atoms with van der Waals surface area (Å²) in [6.07, 6.45) is 0. The van der Waals surface area contributed by atoms with E-state index in [1.54, 1.807) is 0 Å². The van der Waals surface area contributed by atoms with Crippen molar-refractivity contribution >= 4 is 53.9 Å². The third kappa shape index (κ3) is 4.46. The molecule has 0 nitrogen and oxygen atoms in total. The highest BCUT2D eigenvalue weighted by atomic mass is 14.2. The monoisotopic (exact) mass is 632 g/mol. The molecular formula is C50H32. The molecule has 0 heterocycles. The summed E-state index contributed by atoms with van der Waals surface area (Å²) in [5.41, 5.74) is 10.1. The van der Waals surface area contributed by atoms with Crippen molar-refractivity contribution in [3.8, 4) is 44.5 Å². The maximum absolute atomic E-state index is 2.36. The number of fused-ring (bicyclic) bond motifs is 5. The second kappa shape index (κ2) is 11.6. The SMILES string of the molecule is c1cc(-c2cccc3ccccc23)cc(-c2ccc(-c3c4ccccc4c(-c4cccc5ccccc45)c4ccccc34)c3ccccc23)c1. The topological polar surface area (TPSA) is 0 Å². The van der Waals surface area contributed by atoms with Gasteiger partial charge in [0.05, 0.1) is 0 Å². The van der Waals surface area contributed by atoms with Crippen LogP contribution in [-0.4, -0.2) is 0 Å². The molecule has 0 saturated carbocycles.